The SMILES string of the molecule is CC(c1ccccc1O)N(C)C(=O)Cc1ccccc1Cl. The average molecular weight is 304 g/mol. The molecule has 4 heteroatoms. The van der Waals surface area contributed by atoms with Crippen LogP contribution in [0.3, 0.4) is 0 Å². The maximum absolute atomic E-state index is 12.4. The second kappa shape index (κ2) is 6.64. The molecule has 0 fully saturated rings. The maximum Gasteiger partial charge on any atom is 0.227 e. The number of carbonyl (C=O) groups is 1. The molecule has 3 nitrogen and oxygen atoms in total. The van der Waals surface area contributed by atoms with Crippen LogP contribution in [-0.2, 0) is 11.2 Å². The minimum Gasteiger partial charge on any atom is -0.508 e. The zero-order chi connectivity index (χ0) is 15.4. The van der Waals surface area contributed by atoms with Crippen molar-refractivity contribution in [2.45, 2.75) is 19.4 Å². The highest BCUT2D eigenvalue weighted by Crippen LogP contribution is 2.27. The van der Waals surface area contributed by atoms with Crippen molar-refractivity contribution in [3.05, 3.63) is 64.7 Å². The van der Waals surface area contributed by atoms with Crippen LogP contribution in [0.25, 0.3) is 0 Å². The lowest BCUT2D eigenvalue weighted by atomic mass is 10.0. The Morgan fingerprint density at radius 3 is 2.48 bits per heavy atom. The Hall–Kier alpha value is -2.00. The minimum absolute atomic E-state index is 0.0427. The lowest BCUT2D eigenvalue weighted by Gasteiger charge is -2.26. The number of para-hydroxylation sites is 1. The van der Waals surface area contributed by atoms with Gasteiger partial charge in [0, 0.05) is 17.6 Å². The third kappa shape index (κ3) is 3.56. The summed E-state index contributed by atoms with van der Waals surface area (Å²) in [5.41, 5.74) is 1.54. The molecular weight excluding hydrogens is 286 g/mol. The standard InChI is InChI=1S/C17H18ClNO2/c1-12(14-8-4-6-10-16(14)20)19(2)17(21)11-13-7-3-5-9-15(13)18/h3-10,12,20H,11H2,1-2H3. The Morgan fingerprint density at radius 2 is 1.81 bits per heavy atom. The van der Waals surface area contributed by atoms with E-state index in [2.05, 4.69) is 0 Å². The van der Waals surface area contributed by atoms with Gasteiger partial charge in [0.05, 0.1) is 12.5 Å². The zero-order valence-electron chi connectivity index (χ0n) is 12.1. The summed E-state index contributed by atoms with van der Waals surface area (Å²) >= 11 is 6.08. The van der Waals surface area contributed by atoms with Crippen LogP contribution in [0.1, 0.15) is 24.1 Å². The molecule has 1 amide bonds. The fourth-order valence-corrected chi connectivity index (χ4v) is 2.40. The summed E-state index contributed by atoms with van der Waals surface area (Å²) < 4.78 is 0. The van der Waals surface area contributed by atoms with E-state index in [-0.39, 0.29) is 24.1 Å². The highest BCUT2D eigenvalue weighted by molar-refractivity contribution is 6.31. The number of phenolic OH excluding ortho intramolecular Hbond substituents is 1. The van der Waals surface area contributed by atoms with Crippen molar-refractivity contribution in [3.63, 3.8) is 0 Å². The second-order valence-corrected chi connectivity index (χ2v) is 5.41. The summed E-state index contributed by atoms with van der Waals surface area (Å²) in [4.78, 5) is 14.0. The molecule has 0 saturated heterocycles. The van der Waals surface area contributed by atoms with Crippen molar-refractivity contribution >= 4 is 17.5 Å². The van der Waals surface area contributed by atoms with Gasteiger partial charge in [-0.3, -0.25) is 4.79 Å². The molecule has 0 spiro atoms. The summed E-state index contributed by atoms with van der Waals surface area (Å²) in [5, 5.41) is 10.5. The van der Waals surface area contributed by atoms with Gasteiger partial charge in [0.1, 0.15) is 5.75 Å². The van der Waals surface area contributed by atoms with Crippen LogP contribution in [0.4, 0.5) is 0 Å². The van der Waals surface area contributed by atoms with E-state index in [4.69, 9.17) is 11.6 Å². The quantitative estimate of drug-likeness (QED) is 0.933. The highest BCUT2D eigenvalue weighted by Gasteiger charge is 2.20. The summed E-state index contributed by atoms with van der Waals surface area (Å²) in [7, 11) is 1.73. The summed E-state index contributed by atoms with van der Waals surface area (Å²) in [6.45, 7) is 1.89. The number of halogens is 1. The van der Waals surface area contributed by atoms with Gasteiger partial charge in [-0.15, -0.1) is 0 Å². The predicted octanol–water partition coefficient (Wildman–Crippen LogP) is 3.81. The first-order chi connectivity index (χ1) is 10.0. The van der Waals surface area contributed by atoms with Gasteiger partial charge in [-0.1, -0.05) is 48.0 Å². The first kappa shape index (κ1) is 15.4. The normalized spacial score (nSPS) is 12.0. The van der Waals surface area contributed by atoms with Crippen molar-refractivity contribution in [2.75, 3.05) is 7.05 Å². The molecule has 2 rings (SSSR count). The first-order valence-corrected chi connectivity index (χ1v) is 7.15. The molecule has 0 radical (unpaired) electrons. The number of nitrogens with zero attached hydrogens (tertiary/aromatic N) is 1. The van der Waals surface area contributed by atoms with Gasteiger partial charge in [-0.05, 0) is 24.6 Å². The fraction of sp³-hybridized carbons (Fsp3) is 0.235. The topological polar surface area (TPSA) is 40.5 Å². The van der Waals surface area contributed by atoms with Gasteiger partial charge in [0.15, 0.2) is 0 Å². The number of hydrogen-bond acceptors (Lipinski definition) is 2. The first-order valence-electron chi connectivity index (χ1n) is 6.77. The van der Waals surface area contributed by atoms with Gasteiger partial charge in [-0.2, -0.15) is 0 Å². The van der Waals surface area contributed by atoms with Crippen LogP contribution in [-0.4, -0.2) is 23.0 Å². The molecule has 0 heterocycles. The van der Waals surface area contributed by atoms with E-state index in [0.29, 0.717) is 5.02 Å². The van der Waals surface area contributed by atoms with Crippen LogP contribution in [0, 0.1) is 0 Å². The third-order valence-electron chi connectivity index (χ3n) is 3.66. The van der Waals surface area contributed by atoms with Crippen molar-refractivity contribution in [1.82, 2.24) is 4.90 Å². The van der Waals surface area contributed by atoms with Crippen LogP contribution in [0.5, 0.6) is 5.75 Å². The van der Waals surface area contributed by atoms with E-state index in [9.17, 15) is 9.90 Å². The van der Waals surface area contributed by atoms with Crippen LogP contribution < -0.4 is 0 Å². The molecule has 110 valence electrons. The molecule has 1 unspecified atom stereocenters. The lowest BCUT2D eigenvalue weighted by molar-refractivity contribution is -0.131. The van der Waals surface area contributed by atoms with E-state index in [1.165, 1.54) is 0 Å². The molecular formula is C17H18ClNO2. The lowest BCUT2D eigenvalue weighted by Crippen LogP contribution is -2.31. The van der Waals surface area contributed by atoms with Gasteiger partial charge in [0.2, 0.25) is 5.91 Å². The number of hydrogen-bond donors (Lipinski definition) is 1. The van der Waals surface area contributed by atoms with Crippen LogP contribution in [0.15, 0.2) is 48.5 Å². The van der Waals surface area contributed by atoms with Crippen LogP contribution >= 0.6 is 11.6 Å². The summed E-state index contributed by atoms with van der Waals surface area (Å²) in [6.07, 6.45) is 0.244. The summed E-state index contributed by atoms with van der Waals surface area (Å²) in [5.74, 6) is 0.154. The number of benzene rings is 2. The van der Waals surface area contributed by atoms with Crippen molar-refractivity contribution in [3.8, 4) is 5.75 Å². The van der Waals surface area contributed by atoms with E-state index in [1.54, 1.807) is 30.1 Å². The van der Waals surface area contributed by atoms with Crippen LogP contribution in [0.2, 0.25) is 5.02 Å². The zero-order valence-corrected chi connectivity index (χ0v) is 12.8. The molecule has 1 N–H and O–H groups in total. The van der Waals surface area contributed by atoms with Crippen molar-refractivity contribution in [1.29, 1.82) is 0 Å². The Morgan fingerprint density at radius 1 is 1.19 bits per heavy atom. The number of aromatic hydroxyl groups is 1. The molecule has 0 saturated carbocycles. The van der Waals surface area contributed by atoms with Gasteiger partial charge in [0.25, 0.3) is 0 Å². The van der Waals surface area contributed by atoms with E-state index >= 15 is 0 Å². The van der Waals surface area contributed by atoms with E-state index in [0.717, 1.165) is 11.1 Å². The summed E-state index contributed by atoms with van der Waals surface area (Å²) in [6, 6.07) is 14.2. The Bertz CT molecular complexity index is 642. The number of rotatable bonds is 4. The smallest absolute Gasteiger partial charge is 0.227 e. The fourth-order valence-electron chi connectivity index (χ4n) is 2.19. The monoisotopic (exact) mass is 303 g/mol. The predicted molar refractivity (Wildman–Crippen MR) is 84.4 cm³/mol. The molecule has 0 aliphatic heterocycles. The molecule has 0 aliphatic rings. The maximum atomic E-state index is 12.4. The van der Waals surface area contributed by atoms with Gasteiger partial charge < -0.3 is 10.0 Å². The Balaban J connectivity index is 2.13. The minimum atomic E-state index is -0.207. The van der Waals surface area contributed by atoms with Crippen molar-refractivity contribution in [2.24, 2.45) is 0 Å². The molecule has 2 aromatic carbocycles. The van der Waals surface area contributed by atoms with Gasteiger partial charge in [-0.25, -0.2) is 0 Å². The van der Waals surface area contributed by atoms with E-state index < -0.39 is 0 Å². The van der Waals surface area contributed by atoms with Gasteiger partial charge >= 0.3 is 0 Å². The Labute approximate surface area is 129 Å². The largest absolute Gasteiger partial charge is 0.508 e. The van der Waals surface area contributed by atoms with E-state index in [1.807, 2.05) is 37.3 Å². The Kier molecular flexibility index (Phi) is 4.86. The molecule has 0 bridgehead atoms. The second-order valence-electron chi connectivity index (χ2n) is 5.01. The average Bonchev–Trinajstić information content (AvgIpc) is 2.48. The highest BCUT2D eigenvalue weighted by atomic mass is 35.5. The number of carbonyl (C=O) groups excluding carboxylic acids is 1. The molecule has 1 atom stereocenters. The number of amides is 1. The van der Waals surface area contributed by atoms with Crippen molar-refractivity contribution < 1.29 is 9.90 Å². The molecule has 21 heavy (non-hydrogen) atoms. The number of phenols is 1. The third-order valence-corrected chi connectivity index (χ3v) is 4.03. The molecule has 2 aromatic rings. The number of likely N-dealkylation sites (N-methyl/N-ethyl adjacent to an activating group) is 1. The molecule has 0 aliphatic carbocycles. The molecule has 0 aromatic heterocycles.